The normalized spacial score (nSPS) is 12.2. The van der Waals surface area contributed by atoms with Gasteiger partial charge in [0.2, 0.25) is 15.9 Å². The number of carbonyl (C=O) groups is 1. The van der Waals surface area contributed by atoms with Crippen molar-refractivity contribution in [2.24, 2.45) is 10.9 Å². The number of amides is 1. The molecule has 0 saturated carbocycles. The molecular weight excluding hydrogens is 318 g/mol. The average molecular weight is 328 g/mol. The molecule has 0 aromatic heterocycles. The molecule has 11 heteroatoms. The first-order valence-corrected chi connectivity index (χ1v) is 8.06. The Labute approximate surface area is 114 Å². The summed E-state index contributed by atoms with van der Waals surface area (Å²) < 4.78 is 47.5. The number of halogens is 1. The maximum Gasteiger partial charge on any atom is 0.264 e. The number of nitrogens with one attached hydrogen (secondary N) is 1. The molecular formula is C8H10ClN3O5S2. The molecule has 0 saturated heterocycles. The second kappa shape index (κ2) is 5.43. The van der Waals surface area contributed by atoms with E-state index in [0.717, 1.165) is 18.2 Å². The van der Waals surface area contributed by atoms with Crippen LogP contribution in [0.4, 0.5) is 0 Å². The number of benzene rings is 1. The summed E-state index contributed by atoms with van der Waals surface area (Å²) in [7, 11) is -8.39. The Balaban J connectivity index is 3.36. The van der Waals surface area contributed by atoms with Crippen LogP contribution < -0.4 is 15.6 Å². The fourth-order valence-corrected chi connectivity index (χ4v) is 3.19. The van der Waals surface area contributed by atoms with Crippen LogP contribution in [0.5, 0.6) is 0 Å². The van der Waals surface area contributed by atoms with Crippen molar-refractivity contribution in [2.75, 3.05) is 6.54 Å². The zero-order chi connectivity index (χ0) is 14.8. The van der Waals surface area contributed by atoms with Gasteiger partial charge in [0.15, 0.2) is 0 Å². The molecule has 0 fully saturated rings. The summed E-state index contributed by atoms with van der Waals surface area (Å²) in [5, 5.41) is 4.72. The van der Waals surface area contributed by atoms with E-state index in [-0.39, 0.29) is 5.02 Å². The number of primary sulfonamides is 1. The summed E-state index contributed by atoms with van der Waals surface area (Å²) in [5.41, 5.74) is 4.97. The molecule has 1 rings (SSSR count). The lowest BCUT2D eigenvalue weighted by Crippen LogP contribution is -2.35. The number of hydrogen-bond donors (Lipinski definition) is 3. The van der Waals surface area contributed by atoms with Crippen LogP contribution in [-0.4, -0.2) is 29.3 Å². The topological polar surface area (TPSA) is 149 Å². The lowest BCUT2D eigenvalue weighted by Gasteiger charge is -2.07. The first-order valence-electron chi connectivity index (χ1n) is 4.65. The van der Waals surface area contributed by atoms with Gasteiger partial charge in [0.05, 0.1) is 16.3 Å². The largest absolute Gasteiger partial charge is 0.322 e. The molecule has 1 aromatic carbocycles. The summed E-state index contributed by atoms with van der Waals surface area (Å²) >= 11 is 5.61. The molecule has 0 spiro atoms. The van der Waals surface area contributed by atoms with Gasteiger partial charge in [-0.3, -0.25) is 4.79 Å². The van der Waals surface area contributed by atoms with Gasteiger partial charge in [-0.25, -0.2) is 26.7 Å². The Bertz CT molecular complexity index is 714. The van der Waals surface area contributed by atoms with Crippen molar-refractivity contribution in [3.63, 3.8) is 0 Å². The monoisotopic (exact) mass is 327 g/mol. The van der Waals surface area contributed by atoms with E-state index in [0.29, 0.717) is 0 Å². The van der Waals surface area contributed by atoms with E-state index in [2.05, 4.69) is 0 Å². The van der Waals surface area contributed by atoms with Gasteiger partial charge < -0.3 is 5.73 Å². The van der Waals surface area contributed by atoms with Crippen molar-refractivity contribution >= 4 is 37.6 Å². The molecule has 0 radical (unpaired) electrons. The number of carbonyl (C=O) groups excluding carboxylic acids is 1. The van der Waals surface area contributed by atoms with Gasteiger partial charge in [0.25, 0.3) is 10.0 Å². The van der Waals surface area contributed by atoms with Crippen molar-refractivity contribution in [1.82, 2.24) is 4.72 Å². The predicted octanol–water partition coefficient (Wildman–Crippen LogP) is -1.25. The van der Waals surface area contributed by atoms with Crippen molar-refractivity contribution < 1.29 is 21.6 Å². The summed E-state index contributed by atoms with van der Waals surface area (Å²) in [5.74, 6) is -0.947. The zero-order valence-corrected chi connectivity index (χ0v) is 11.7. The lowest BCUT2D eigenvalue weighted by molar-refractivity contribution is -0.118. The molecule has 8 nitrogen and oxygen atoms in total. The minimum absolute atomic E-state index is 0.160. The first kappa shape index (κ1) is 15.9. The SMILES string of the molecule is NCC(=O)NS(=O)(=O)c1cc(Cl)cc(S(N)(=O)=O)c1. The molecule has 19 heavy (non-hydrogen) atoms. The van der Waals surface area contributed by atoms with Crippen LogP contribution in [0.3, 0.4) is 0 Å². The van der Waals surface area contributed by atoms with E-state index < -0.39 is 42.3 Å². The van der Waals surface area contributed by atoms with Crippen molar-refractivity contribution in [1.29, 1.82) is 0 Å². The van der Waals surface area contributed by atoms with Crippen LogP contribution in [0.1, 0.15) is 0 Å². The fourth-order valence-electron chi connectivity index (χ4n) is 1.11. The second-order valence-electron chi connectivity index (χ2n) is 3.40. The number of sulfonamides is 2. The van der Waals surface area contributed by atoms with Crippen LogP contribution >= 0.6 is 11.6 Å². The van der Waals surface area contributed by atoms with Gasteiger partial charge >= 0.3 is 0 Å². The molecule has 0 aliphatic carbocycles. The Hall–Kier alpha value is -1.20. The highest BCUT2D eigenvalue weighted by molar-refractivity contribution is 7.90. The van der Waals surface area contributed by atoms with Gasteiger partial charge in [-0.2, -0.15) is 0 Å². The van der Waals surface area contributed by atoms with E-state index in [1.165, 1.54) is 0 Å². The molecule has 0 heterocycles. The summed E-state index contributed by atoms with van der Waals surface area (Å²) in [6.45, 7) is -0.540. The number of nitrogens with two attached hydrogens (primary N) is 2. The van der Waals surface area contributed by atoms with Crippen LogP contribution in [-0.2, 0) is 24.8 Å². The molecule has 1 amide bonds. The van der Waals surface area contributed by atoms with Crippen molar-refractivity contribution in [2.45, 2.75) is 9.79 Å². The first-order chi connectivity index (χ1) is 8.56. The maximum absolute atomic E-state index is 11.8. The van der Waals surface area contributed by atoms with Crippen LogP contribution in [0.2, 0.25) is 5.02 Å². The minimum atomic E-state index is -4.26. The summed E-state index contributed by atoms with van der Waals surface area (Å²) in [4.78, 5) is 9.98. The Kier molecular flexibility index (Phi) is 4.53. The number of rotatable bonds is 4. The van der Waals surface area contributed by atoms with Crippen LogP contribution in [0.15, 0.2) is 28.0 Å². The fraction of sp³-hybridized carbons (Fsp3) is 0.125. The third-order valence-corrected chi connectivity index (χ3v) is 4.38. The Morgan fingerprint density at radius 2 is 1.68 bits per heavy atom. The van der Waals surface area contributed by atoms with E-state index in [4.69, 9.17) is 22.5 Å². The molecule has 0 aliphatic rings. The standard InChI is InChI=1S/C8H10ClN3O5S2/c9-5-1-6(18(11,14)15)3-7(2-5)19(16,17)12-8(13)4-10/h1-3H,4,10H2,(H,12,13)(H2,11,14,15). The highest BCUT2D eigenvalue weighted by Crippen LogP contribution is 2.21. The zero-order valence-electron chi connectivity index (χ0n) is 9.33. The molecule has 0 unspecified atom stereocenters. The van der Waals surface area contributed by atoms with Crippen LogP contribution in [0.25, 0.3) is 0 Å². The second-order valence-corrected chi connectivity index (χ2v) is 7.08. The van der Waals surface area contributed by atoms with E-state index in [1.807, 2.05) is 0 Å². The average Bonchev–Trinajstić information content (AvgIpc) is 2.26. The van der Waals surface area contributed by atoms with Gasteiger partial charge in [-0.15, -0.1) is 0 Å². The van der Waals surface area contributed by atoms with Gasteiger partial charge in [-0.1, -0.05) is 11.6 Å². The molecule has 5 N–H and O–H groups in total. The van der Waals surface area contributed by atoms with Crippen molar-refractivity contribution in [3.8, 4) is 0 Å². The van der Waals surface area contributed by atoms with Gasteiger partial charge in [0.1, 0.15) is 0 Å². The molecule has 0 atom stereocenters. The van der Waals surface area contributed by atoms with Crippen LogP contribution in [0, 0.1) is 0 Å². The Morgan fingerprint density at radius 3 is 2.16 bits per heavy atom. The van der Waals surface area contributed by atoms with E-state index in [1.54, 1.807) is 4.72 Å². The molecule has 1 aromatic rings. The maximum atomic E-state index is 11.8. The summed E-state index contributed by atoms with van der Waals surface area (Å²) in [6, 6.07) is 2.75. The van der Waals surface area contributed by atoms with Crippen molar-refractivity contribution in [3.05, 3.63) is 23.2 Å². The highest BCUT2D eigenvalue weighted by Gasteiger charge is 2.20. The highest BCUT2D eigenvalue weighted by atomic mass is 35.5. The molecule has 106 valence electrons. The Morgan fingerprint density at radius 1 is 1.16 bits per heavy atom. The minimum Gasteiger partial charge on any atom is -0.322 e. The van der Waals surface area contributed by atoms with E-state index >= 15 is 0 Å². The lowest BCUT2D eigenvalue weighted by atomic mass is 10.4. The van der Waals surface area contributed by atoms with Gasteiger partial charge in [-0.05, 0) is 18.2 Å². The smallest absolute Gasteiger partial charge is 0.264 e. The predicted molar refractivity (Wildman–Crippen MR) is 67.2 cm³/mol. The third kappa shape index (κ3) is 4.14. The molecule has 0 aliphatic heterocycles. The number of hydrogen-bond acceptors (Lipinski definition) is 6. The quantitative estimate of drug-likeness (QED) is 0.629. The van der Waals surface area contributed by atoms with E-state index in [9.17, 15) is 21.6 Å². The third-order valence-electron chi connectivity index (χ3n) is 1.92. The van der Waals surface area contributed by atoms with Gasteiger partial charge in [0, 0.05) is 5.02 Å². The summed E-state index contributed by atoms with van der Waals surface area (Å²) in [6.07, 6.45) is 0. The molecule has 0 bridgehead atoms.